The summed E-state index contributed by atoms with van der Waals surface area (Å²) >= 11 is 1.95. The fourth-order valence-corrected chi connectivity index (χ4v) is 5.23. The maximum absolute atomic E-state index is 9.42. The Balaban J connectivity index is 1.75. The van der Waals surface area contributed by atoms with Gasteiger partial charge in [0.05, 0.1) is 11.6 Å². The molecule has 26 heavy (non-hydrogen) atoms. The Bertz CT molecular complexity index is 981. The third kappa shape index (κ3) is 3.22. The van der Waals surface area contributed by atoms with Gasteiger partial charge in [-0.2, -0.15) is 5.26 Å². The fourth-order valence-electron chi connectivity index (χ4n) is 3.97. The van der Waals surface area contributed by atoms with Gasteiger partial charge in [0.15, 0.2) is 0 Å². The van der Waals surface area contributed by atoms with Gasteiger partial charge in [-0.05, 0) is 41.3 Å². The van der Waals surface area contributed by atoms with Crippen LogP contribution in [-0.4, -0.2) is 10.7 Å². The van der Waals surface area contributed by atoms with Gasteiger partial charge in [-0.25, -0.2) is 0 Å². The molecule has 0 spiro atoms. The summed E-state index contributed by atoms with van der Waals surface area (Å²) in [6.45, 7) is 2.42. The van der Waals surface area contributed by atoms with Gasteiger partial charge in [-0.15, -0.1) is 11.8 Å². The molecule has 2 aromatic carbocycles. The van der Waals surface area contributed by atoms with Crippen molar-refractivity contribution in [1.82, 2.24) is 4.98 Å². The summed E-state index contributed by atoms with van der Waals surface area (Å²) in [5.41, 5.74) is 3.50. The van der Waals surface area contributed by atoms with E-state index in [9.17, 15) is 5.26 Å². The van der Waals surface area contributed by atoms with Crippen LogP contribution in [-0.2, 0) is 0 Å². The van der Waals surface area contributed by atoms with E-state index in [1.54, 1.807) is 0 Å². The highest BCUT2D eigenvalue weighted by atomic mass is 32.2. The van der Waals surface area contributed by atoms with Crippen LogP contribution in [0.5, 0.6) is 0 Å². The number of hydrogen-bond donors (Lipinski definition) is 0. The van der Waals surface area contributed by atoms with Crippen LogP contribution in [0.3, 0.4) is 0 Å². The molecule has 1 aromatic heterocycles. The van der Waals surface area contributed by atoms with Gasteiger partial charge < -0.3 is 0 Å². The molecule has 0 radical (unpaired) electrons. The van der Waals surface area contributed by atoms with E-state index in [2.05, 4.69) is 36.2 Å². The molecular formula is C23H22N2S. The largest absolute Gasteiger partial charge is 0.264 e. The molecule has 0 N–H and O–H groups in total. The van der Waals surface area contributed by atoms with Crippen molar-refractivity contribution in [3.05, 3.63) is 60.4 Å². The zero-order valence-electron chi connectivity index (χ0n) is 15.0. The van der Waals surface area contributed by atoms with Crippen molar-refractivity contribution in [3.8, 4) is 17.2 Å². The summed E-state index contributed by atoms with van der Waals surface area (Å²) in [6, 6.07) is 16.6. The van der Waals surface area contributed by atoms with Crippen molar-refractivity contribution in [1.29, 1.82) is 5.26 Å². The van der Waals surface area contributed by atoms with Crippen LogP contribution in [0.4, 0.5) is 0 Å². The molecule has 1 saturated carbocycles. The minimum absolute atomic E-state index is 0.456. The highest BCUT2D eigenvalue weighted by Crippen LogP contribution is 2.44. The number of rotatable bonds is 4. The number of benzene rings is 2. The molecule has 1 fully saturated rings. The Morgan fingerprint density at radius 2 is 1.81 bits per heavy atom. The lowest BCUT2D eigenvalue weighted by Gasteiger charge is -2.23. The van der Waals surface area contributed by atoms with Crippen molar-refractivity contribution in [3.63, 3.8) is 0 Å². The van der Waals surface area contributed by atoms with Gasteiger partial charge in [0.2, 0.25) is 0 Å². The predicted molar refractivity (Wildman–Crippen MR) is 109 cm³/mol. The number of pyridine rings is 1. The van der Waals surface area contributed by atoms with Gasteiger partial charge in [0, 0.05) is 34.0 Å². The van der Waals surface area contributed by atoms with Crippen LogP contribution >= 0.6 is 11.8 Å². The lowest BCUT2D eigenvalue weighted by molar-refractivity contribution is 0.392. The fraction of sp³-hybridized carbons (Fsp3) is 0.304. The van der Waals surface area contributed by atoms with Gasteiger partial charge in [-0.1, -0.05) is 50.1 Å². The zero-order chi connectivity index (χ0) is 18.0. The number of hydrogen-bond acceptors (Lipinski definition) is 3. The molecule has 1 heterocycles. The number of nitrogens with zero attached hydrogens (tertiary/aromatic N) is 2. The highest BCUT2D eigenvalue weighted by molar-refractivity contribution is 7.99. The third-order valence-electron chi connectivity index (χ3n) is 5.50. The lowest BCUT2D eigenvalue weighted by Crippen LogP contribution is -2.14. The Morgan fingerprint density at radius 3 is 2.58 bits per heavy atom. The molecule has 4 rings (SSSR count). The van der Waals surface area contributed by atoms with E-state index in [1.807, 2.05) is 48.4 Å². The Labute approximate surface area is 159 Å². The average molecular weight is 359 g/mol. The maximum Gasteiger partial charge on any atom is 0.0998 e. The van der Waals surface area contributed by atoms with E-state index in [4.69, 9.17) is 0 Å². The first-order valence-corrected chi connectivity index (χ1v) is 10.2. The van der Waals surface area contributed by atoms with Crippen LogP contribution < -0.4 is 0 Å². The quantitative estimate of drug-likeness (QED) is 0.503. The first-order valence-electron chi connectivity index (χ1n) is 9.19. The molecule has 0 saturated heterocycles. The van der Waals surface area contributed by atoms with Crippen LogP contribution in [0.15, 0.2) is 59.8 Å². The summed E-state index contributed by atoms with van der Waals surface area (Å²) in [6.07, 6.45) is 9.24. The molecule has 3 aromatic rings. The van der Waals surface area contributed by atoms with E-state index in [1.165, 1.54) is 36.1 Å². The summed E-state index contributed by atoms with van der Waals surface area (Å²) in [5.74, 6) is 1.15. The van der Waals surface area contributed by atoms with Crippen LogP contribution in [0.2, 0.25) is 0 Å². The van der Waals surface area contributed by atoms with Crippen LogP contribution in [0.25, 0.3) is 21.9 Å². The Hall–Kier alpha value is -2.31. The molecule has 2 nitrogen and oxygen atoms in total. The molecule has 0 bridgehead atoms. The molecule has 3 heteroatoms. The maximum atomic E-state index is 9.42. The lowest BCUT2D eigenvalue weighted by atomic mass is 9.92. The second kappa shape index (κ2) is 7.13. The summed E-state index contributed by atoms with van der Waals surface area (Å²) in [5, 5.41) is 11.5. The van der Waals surface area contributed by atoms with E-state index in [0.717, 1.165) is 27.7 Å². The summed E-state index contributed by atoms with van der Waals surface area (Å²) < 4.78 is 0. The number of fused-ring (bicyclic) bond motifs is 1. The van der Waals surface area contributed by atoms with E-state index in [0.29, 0.717) is 5.41 Å². The first kappa shape index (κ1) is 17.1. The minimum Gasteiger partial charge on any atom is -0.264 e. The molecule has 130 valence electrons. The standard InChI is InChI=1S/C23H22N2S/c1-23(11-4-5-12-23)16-26-22-10-13-25-15-21(22)20-9-8-17(14-24)18-6-2-3-7-19(18)20/h2-3,6-10,13,15H,4-5,11-12,16H2,1H3. The van der Waals surface area contributed by atoms with E-state index < -0.39 is 0 Å². The molecule has 0 amide bonds. The molecular weight excluding hydrogens is 336 g/mol. The molecule has 0 aliphatic heterocycles. The number of thioether (sulfide) groups is 1. The van der Waals surface area contributed by atoms with Gasteiger partial charge >= 0.3 is 0 Å². The second-order valence-electron chi connectivity index (χ2n) is 7.50. The predicted octanol–water partition coefficient (Wildman–Crippen LogP) is 6.45. The van der Waals surface area contributed by atoms with Crippen LogP contribution in [0.1, 0.15) is 38.2 Å². The topological polar surface area (TPSA) is 36.7 Å². The van der Waals surface area contributed by atoms with Crippen molar-refractivity contribution >= 4 is 22.5 Å². The minimum atomic E-state index is 0.456. The first-order chi connectivity index (χ1) is 12.7. The molecule has 1 aliphatic carbocycles. The highest BCUT2D eigenvalue weighted by Gasteiger charge is 2.28. The zero-order valence-corrected chi connectivity index (χ0v) is 15.9. The van der Waals surface area contributed by atoms with Gasteiger partial charge in [0.1, 0.15) is 0 Å². The van der Waals surface area contributed by atoms with Crippen molar-refractivity contribution in [2.45, 2.75) is 37.5 Å². The smallest absolute Gasteiger partial charge is 0.0998 e. The molecule has 0 atom stereocenters. The summed E-state index contributed by atoms with van der Waals surface area (Å²) in [4.78, 5) is 5.67. The summed E-state index contributed by atoms with van der Waals surface area (Å²) in [7, 11) is 0. The molecule has 0 unspecified atom stereocenters. The Morgan fingerprint density at radius 1 is 1.04 bits per heavy atom. The van der Waals surface area contributed by atoms with E-state index in [-0.39, 0.29) is 0 Å². The van der Waals surface area contributed by atoms with Crippen molar-refractivity contribution in [2.24, 2.45) is 5.41 Å². The normalized spacial score (nSPS) is 15.8. The van der Waals surface area contributed by atoms with Gasteiger partial charge in [0.25, 0.3) is 0 Å². The Kier molecular flexibility index (Phi) is 4.70. The number of nitriles is 1. The average Bonchev–Trinajstić information content (AvgIpc) is 3.13. The van der Waals surface area contributed by atoms with E-state index >= 15 is 0 Å². The SMILES string of the molecule is CC1(CSc2ccncc2-c2ccc(C#N)c3ccccc23)CCCC1. The second-order valence-corrected chi connectivity index (χ2v) is 8.51. The van der Waals surface area contributed by atoms with Crippen molar-refractivity contribution in [2.75, 3.05) is 5.75 Å². The van der Waals surface area contributed by atoms with Gasteiger partial charge in [-0.3, -0.25) is 4.98 Å². The van der Waals surface area contributed by atoms with Crippen molar-refractivity contribution < 1.29 is 0 Å². The third-order valence-corrected chi connectivity index (χ3v) is 7.01. The van der Waals surface area contributed by atoms with Crippen LogP contribution in [0, 0.1) is 16.7 Å². The number of aromatic nitrogens is 1. The monoisotopic (exact) mass is 358 g/mol. The molecule has 1 aliphatic rings.